The predicted octanol–water partition coefficient (Wildman–Crippen LogP) is 4.02. The van der Waals surface area contributed by atoms with Gasteiger partial charge >= 0.3 is 12.1 Å². The fourth-order valence-electron chi connectivity index (χ4n) is 5.78. The quantitative estimate of drug-likeness (QED) is 0.676. The largest absolute Gasteiger partial charge is 0.479 e. The monoisotopic (exact) mass is 462 g/mol. The number of carboxylic acids is 1. The second-order valence-electron chi connectivity index (χ2n) is 9.81. The van der Waals surface area contributed by atoms with Crippen molar-refractivity contribution < 1.29 is 24.2 Å². The second-order valence-corrected chi connectivity index (χ2v) is 9.81. The molecule has 0 spiro atoms. The molecule has 4 atom stereocenters. The average molecular weight is 463 g/mol. The number of ether oxygens (including phenoxy) is 1. The Bertz CT molecular complexity index is 1100. The summed E-state index contributed by atoms with van der Waals surface area (Å²) in [5, 5.41) is 12.5. The fourth-order valence-corrected chi connectivity index (χ4v) is 5.78. The van der Waals surface area contributed by atoms with E-state index in [4.69, 9.17) is 4.74 Å². The summed E-state index contributed by atoms with van der Waals surface area (Å²) in [6.45, 7) is 4.14. The van der Waals surface area contributed by atoms with Gasteiger partial charge in [0.05, 0.1) is 5.92 Å². The maximum absolute atomic E-state index is 13.2. The van der Waals surface area contributed by atoms with Crippen LogP contribution in [-0.4, -0.2) is 52.7 Å². The van der Waals surface area contributed by atoms with Crippen LogP contribution in [0.5, 0.6) is 0 Å². The Balaban J connectivity index is 1.21. The van der Waals surface area contributed by atoms with Crippen LogP contribution in [0.2, 0.25) is 0 Å². The molecule has 2 N–H and O–H groups in total. The van der Waals surface area contributed by atoms with Crippen molar-refractivity contribution in [2.75, 3.05) is 13.2 Å². The molecule has 0 bridgehead atoms. The molecule has 1 saturated carbocycles. The molecule has 1 aliphatic heterocycles. The van der Waals surface area contributed by atoms with Gasteiger partial charge in [-0.05, 0) is 54.4 Å². The van der Waals surface area contributed by atoms with E-state index in [9.17, 15) is 19.5 Å². The molecule has 34 heavy (non-hydrogen) atoms. The van der Waals surface area contributed by atoms with Crippen LogP contribution in [0, 0.1) is 11.8 Å². The SMILES string of the molecule is CC(NC(=O)OCC1c2ccccc2-c2ccccc21)C(C)C(=O)N1CCC[C@@H]2C[C@@]21C(=O)O. The van der Waals surface area contributed by atoms with Gasteiger partial charge in [0.1, 0.15) is 12.1 Å². The predicted molar refractivity (Wildman–Crippen MR) is 126 cm³/mol. The molecule has 2 aromatic carbocycles. The van der Waals surface area contributed by atoms with Gasteiger partial charge in [-0.2, -0.15) is 0 Å². The summed E-state index contributed by atoms with van der Waals surface area (Å²) >= 11 is 0. The van der Waals surface area contributed by atoms with Crippen molar-refractivity contribution >= 4 is 18.0 Å². The lowest BCUT2D eigenvalue weighted by atomic mass is 9.96. The zero-order valence-corrected chi connectivity index (χ0v) is 19.5. The van der Waals surface area contributed by atoms with Gasteiger partial charge in [0.25, 0.3) is 0 Å². The molecule has 3 aliphatic rings. The van der Waals surface area contributed by atoms with Gasteiger partial charge in [0, 0.05) is 18.5 Å². The van der Waals surface area contributed by atoms with Gasteiger partial charge < -0.3 is 20.1 Å². The van der Waals surface area contributed by atoms with Crippen LogP contribution in [0.1, 0.15) is 50.2 Å². The minimum atomic E-state index is -1.05. The number of carbonyl (C=O) groups excluding carboxylic acids is 2. The lowest BCUT2D eigenvalue weighted by molar-refractivity contribution is -0.156. The topological polar surface area (TPSA) is 95.9 Å². The highest BCUT2D eigenvalue weighted by Crippen LogP contribution is 2.54. The van der Waals surface area contributed by atoms with E-state index in [0.29, 0.717) is 13.0 Å². The molecule has 2 unspecified atom stereocenters. The average Bonchev–Trinajstić information content (AvgIpc) is 3.53. The Hall–Kier alpha value is -3.35. The van der Waals surface area contributed by atoms with E-state index in [0.717, 1.165) is 35.1 Å². The van der Waals surface area contributed by atoms with E-state index in [1.54, 1.807) is 13.8 Å². The molecule has 2 fully saturated rings. The number of nitrogens with one attached hydrogen (secondary N) is 1. The summed E-state index contributed by atoms with van der Waals surface area (Å²) in [6, 6.07) is 15.8. The molecule has 178 valence electrons. The number of rotatable bonds is 6. The van der Waals surface area contributed by atoms with E-state index >= 15 is 0 Å². The Morgan fingerprint density at radius 3 is 2.32 bits per heavy atom. The molecule has 2 amide bonds. The maximum atomic E-state index is 13.2. The maximum Gasteiger partial charge on any atom is 0.407 e. The molecule has 7 heteroatoms. The number of carbonyl (C=O) groups is 3. The fraction of sp³-hybridized carbons (Fsp3) is 0.444. The summed E-state index contributed by atoms with van der Waals surface area (Å²) in [5.74, 6) is -1.70. The normalized spacial score (nSPS) is 24.3. The number of piperidine rings is 1. The highest BCUT2D eigenvalue weighted by atomic mass is 16.5. The number of alkyl carbamates (subject to hydrolysis) is 1. The van der Waals surface area contributed by atoms with Crippen LogP contribution < -0.4 is 5.32 Å². The Morgan fingerprint density at radius 1 is 1.09 bits per heavy atom. The van der Waals surface area contributed by atoms with Crippen molar-refractivity contribution in [1.82, 2.24) is 10.2 Å². The molecular weight excluding hydrogens is 432 g/mol. The molecule has 0 radical (unpaired) electrons. The number of aliphatic carboxylic acids is 1. The number of amides is 2. The van der Waals surface area contributed by atoms with Crippen LogP contribution in [0.4, 0.5) is 4.79 Å². The lowest BCUT2D eigenvalue weighted by Gasteiger charge is -2.36. The van der Waals surface area contributed by atoms with Crippen LogP contribution in [0.15, 0.2) is 48.5 Å². The van der Waals surface area contributed by atoms with Gasteiger partial charge in [-0.15, -0.1) is 0 Å². The molecule has 1 saturated heterocycles. The van der Waals surface area contributed by atoms with Crippen molar-refractivity contribution in [2.24, 2.45) is 11.8 Å². The summed E-state index contributed by atoms with van der Waals surface area (Å²) in [7, 11) is 0. The minimum absolute atomic E-state index is 0.0388. The molecular formula is C27H30N2O5. The first-order valence-corrected chi connectivity index (χ1v) is 12.0. The van der Waals surface area contributed by atoms with Crippen LogP contribution in [0.3, 0.4) is 0 Å². The highest BCUT2D eigenvalue weighted by Gasteiger charge is 2.67. The first-order valence-electron chi connectivity index (χ1n) is 12.0. The standard InChI is InChI=1S/C27H30N2O5/c1-16(24(30)29-13-7-8-18-14-27(18,29)25(31)32)17(2)28-26(33)34-15-23-21-11-5-3-9-19(21)20-10-4-6-12-22(20)23/h3-6,9-12,16-18,23H,7-8,13-15H2,1-2H3,(H,28,33)(H,31,32)/t16?,17?,18-,27+/m1/s1. The van der Waals surface area contributed by atoms with E-state index in [1.165, 1.54) is 4.90 Å². The van der Waals surface area contributed by atoms with E-state index in [1.807, 2.05) is 24.3 Å². The third-order valence-corrected chi connectivity index (χ3v) is 7.95. The zero-order chi connectivity index (χ0) is 24.0. The molecule has 0 aromatic heterocycles. The molecule has 5 rings (SSSR count). The number of hydrogen-bond donors (Lipinski definition) is 2. The zero-order valence-electron chi connectivity index (χ0n) is 19.5. The molecule has 1 heterocycles. The first-order chi connectivity index (χ1) is 16.3. The van der Waals surface area contributed by atoms with E-state index in [-0.39, 0.29) is 24.3 Å². The highest BCUT2D eigenvalue weighted by molar-refractivity contribution is 5.92. The summed E-state index contributed by atoms with van der Waals surface area (Å²) in [5.41, 5.74) is 3.54. The van der Waals surface area contributed by atoms with Crippen molar-refractivity contribution in [2.45, 2.75) is 50.6 Å². The molecule has 2 aliphatic carbocycles. The first kappa shape index (κ1) is 22.4. The minimum Gasteiger partial charge on any atom is -0.479 e. The Morgan fingerprint density at radius 2 is 1.71 bits per heavy atom. The summed E-state index contributed by atoms with van der Waals surface area (Å²) in [6.07, 6.45) is 1.60. The van der Waals surface area contributed by atoms with Gasteiger partial charge in [-0.25, -0.2) is 9.59 Å². The van der Waals surface area contributed by atoms with Crippen molar-refractivity contribution in [3.63, 3.8) is 0 Å². The number of fused-ring (bicyclic) bond motifs is 4. The third-order valence-electron chi connectivity index (χ3n) is 7.95. The van der Waals surface area contributed by atoms with Crippen molar-refractivity contribution in [1.29, 1.82) is 0 Å². The van der Waals surface area contributed by atoms with Crippen molar-refractivity contribution in [3.05, 3.63) is 59.7 Å². The van der Waals surface area contributed by atoms with Crippen LogP contribution in [-0.2, 0) is 14.3 Å². The van der Waals surface area contributed by atoms with Crippen LogP contribution >= 0.6 is 0 Å². The van der Waals surface area contributed by atoms with Crippen molar-refractivity contribution in [3.8, 4) is 11.1 Å². The van der Waals surface area contributed by atoms with Gasteiger partial charge in [-0.3, -0.25) is 4.79 Å². The molecule has 7 nitrogen and oxygen atoms in total. The Labute approximate surface area is 199 Å². The summed E-state index contributed by atoms with van der Waals surface area (Å²) < 4.78 is 5.60. The smallest absolute Gasteiger partial charge is 0.407 e. The van der Waals surface area contributed by atoms with Crippen LogP contribution in [0.25, 0.3) is 11.1 Å². The number of likely N-dealkylation sites (tertiary alicyclic amines) is 1. The number of hydrogen-bond acceptors (Lipinski definition) is 4. The van der Waals surface area contributed by atoms with E-state index < -0.39 is 29.6 Å². The Kier molecular flexibility index (Phi) is 5.58. The number of carboxylic acid groups (broad SMARTS) is 1. The summed E-state index contributed by atoms with van der Waals surface area (Å²) in [4.78, 5) is 39.2. The van der Waals surface area contributed by atoms with Gasteiger partial charge in [-0.1, -0.05) is 55.5 Å². The third kappa shape index (κ3) is 3.54. The number of benzene rings is 2. The van der Waals surface area contributed by atoms with E-state index in [2.05, 4.69) is 29.6 Å². The van der Waals surface area contributed by atoms with Gasteiger partial charge in [0.2, 0.25) is 5.91 Å². The number of nitrogens with zero attached hydrogens (tertiary/aromatic N) is 1. The molecule has 2 aromatic rings. The second kappa shape index (κ2) is 8.46. The lowest BCUT2D eigenvalue weighted by Crippen LogP contribution is -2.55. The van der Waals surface area contributed by atoms with Gasteiger partial charge in [0.15, 0.2) is 0 Å².